The number of aromatic nitrogens is 2. The van der Waals surface area contributed by atoms with Crippen LogP contribution in [-0.2, 0) is 6.18 Å². The van der Waals surface area contributed by atoms with Gasteiger partial charge in [0, 0.05) is 0 Å². The van der Waals surface area contributed by atoms with Gasteiger partial charge in [0.05, 0.1) is 22.6 Å². The van der Waals surface area contributed by atoms with E-state index in [0.717, 1.165) is 12.1 Å². The van der Waals surface area contributed by atoms with Crippen molar-refractivity contribution in [2.75, 3.05) is 0 Å². The van der Waals surface area contributed by atoms with E-state index < -0.39 is 17.7 Å². The Balaban J connectivity index is 2.68. The summed E-state index contributed by atoms with van der Waals surface area (Å²) in [5.74, 6) is -1.35. The Morgan fingerprint density at radius 2 is 1.95 bits per heavy atom. The van der Waals surface area contributed by atoms with Crippen molar-refractivity contribution in [3.8, 4) is 5.69 Å². The maximum Gasteiger partial charge on any atom is 0.416 e. The van der Waals surface area contributed by atoms with Crippen LogP contribution in [0.1, 0.15) is 47.1 Å². The number of carboxylic acids is 1. The van der Waals surface area contributed by atoms with Crippen molar-refractivity contribution in [3.05, 3.63) is 46.8 Å². The normalized spacial score (nSPS) is 12.0. The lowest BCUT2D eigenvalue weighted by atomic mass is 10.0. The maximum atomic E-state index is 12.8. The van der Waals surface area contributed by atoms with Crippen LogP contribution in [0.5, 0.6) is 0 Å². The molecule has 0 unspecified atom stereocenters. The van der Waals surface area contributed by atoms with Gasteiger partial charge in [-0.25, -0.2) is 9.48 Å². The van der Waals surface area contributed by atoms with Crippen LogP contribution in [0, 0.1) is 6.92 Å². The van der Waals surface area contributed by atoms with E-state index in [9.17, 15) is 23.1 Å². The molecule has 0 aliphatic rings. The van der Waals surface area contributed by atoms with Gasteiger partial charge in [-0.05, 0) is 31.0 Å². The third kappa shape index (κ3) is 2.84. The monoisotopic (exact) mass is 312 g/mol. The summed E-state index contributed by atoms with van der Waals surface area (Å²) in [7, 11) is 0. The van der Waals surface area contributed by atoms with Gasteiger partial charge in [-0.15, -0.1) is 0 Å². The second-order valence-electron chi connectivity index (χ2n) is 5.27. The average molecular weight is 312 g/mol. The van der Waals surface area contributed by atoms with Crippen LogP contribution in [0.25, 0.3) is 5.69 Å². The molecule has 2 aromatic rings. The summed E-state index contributed by atoms with van der Waals surface area (Å²) in [6.45, 7) is 5.07. The molecule has 0 radical (unpaired) electrons. The first-order valence-corrected chi connectivity index (χ1v) is 6.63. The minimum absolute atomic E-state index is 0.0346. The highest BCUT2D eigenvalue weighted by atomic mass is 19.4. The summed E-state index contributed by atoms with van der Waals surface area (Å²) in [5, 5.41) is 13.4. The van der Waals surface area contributed by atoms with E-state index in [1.165, 1.54) is 23.7 Å². The summed E-state index contributed by atoms with van der Waals surface area (Å²) in [6, 6.07) is 4.68. The molecule has 0 spiro atoms. The molecule has 1 aromatic carbocycles. The lowest BCUT2D eigenvalue weighted by molar-refractivity contribution is -0.137. The lowest BCUT2D eigenvalue weighted by Gasteiger charge is -2.13. The highest BCUT2D eigenvalue weighted by Crippen LogP contribution is 2.32. The molecular weight excluding hydrogens is 297 g/mol. The highest BCUT2D eigenvalue weighted by molar-refractivity contribution is 5.90. The SMILES string of the molecule is Cc1nn(-c2cccc(C(F)(F)F)c2)c(C(C)C)c1C(=O)O. The molecule has 0 bridgehead atoms. The Morgan fingerprint density at radius 1 is 1.32 bits per heavy atom. The summed E-state index contributed by atoms with van der Waals surface area (Å²) >= 11 is 0. The molecule has 0 aliphatic heterocycles. The summed E-state index contributed by atoms with van der Waals surface area (Å²) in [5.41, 5.74) is 0.0733. The van der Waals surface area contributed by atoms with Crippen molar-refractivity contribution in [1.82, 2.24) is 9.78 Å². The van der Waals surface area contributed by atoms with Crippen molar-refractivity contribution >= 4 is 5.97 Å². The number of carbonyl (C=O) groups is 1. The zero-order chi connectivity index (χ0) is 16.7. The fourth-order valence-electron chi connectivity index (χ4n) is 2.35. The van der Waals surface area contributed by atoms with Crippen molar-refractivity contribution in [1.29, 1.82) is 0 Å². The number of alkyl halides is 3. The van der Waals surface area contributed by atoms with Crippen molar-refractivity contribution in [3.63, 3.8) is 0 Å². The Morgan fingerprint density at radius 3 is 2.45 bits per heavy atom. The smallest absolute Gasteiger partial charge is 0.416 e. The predicted octanol–water partition coefficient (Wildman–Crippen LogP) is 4.02. The zero-order valence-electron chi connectivity index (χ0n) is 12.3. The van der Waals surface area contributed by atoms with Gasteiger partial charge in [-0.3, -0.25) is 0 Å². The third-order valence-corrected chi connectivity index (χ3v) is 3.27. The van der Waals surface area contributed by atoms with E-state index in [2.05, 4.69) is 5.10 Å². The number of hydrogen-bond donors (Lipinski definition) is 1. The van der Waals surface area contributed by atoms with Gasteiger partial charge in [0.1, 0.15) is 5.56 Å². The minimum Gasteiger partial charge on any atom is -0.478 e. The topological polar surface area (TPSA) is 55.1 Å². The standard InChI is InChI=1S/C15H15F3N2O2/c1-8(2)13-12(14(21)22)9(3)19-20(13)11-6-4-5-10(7-11)15(16,17)18/h4-8H,1-3H3,(H,21,22). The van der Waals surface area contributed by atoms with Gasteiger partial charge in [-0.2, -0.15) is 18.3 Å². The zero-order valence-corrected chi connectivity index (χ0v) is 12.3. The highest BCUT2D eigenvalue weighted by Gasteiger charge is 2.31. The predicted molar refractivity (Wildman–Crippen MR) is 74.4 cm³/mol. The molecule has 1 N–H and O–H groups in total. The first-order valence-electron chi connectivity index (χ1n) is 6.63. The largest absolute Gasteiger partial charge is 0.478 e. The molecular formula is C15H15F3N2O2. The molecule has 7 heteroatoms. The second kappa shape index (κ2) is 5.47. The molecule has 0 amide bonds. The number of halogens is 3. The molecule has 118 valence electrons. The van der Waals surface area contributed by atoms with Crippen molar-refractivity contribution < 1.29 is 23.1 Å². The molecule has 0 saturated carbocycles. The second-order valence-corrected chi connectivity index (χ2v) is 5.27. The first kappa shape index (κ1) is 16.1. The van der Waals surface area contributed by atoms with Crippen LogP contribution in [0.4, 0.5) is 13.2 Å². The number of aryl methyl sites for hydroxylation is 1. The quantitative estimate of drug-likeness (QED) is 0.931. The van der Waals surface area contributed by atoms with Gasteiger partial charge in [0.25, 0.3) is 0 Å². The van der Waals surface area contributed by atoms with Crippen LogP contribution in [0.15, 0.2) is 24.3 Å². The Bertz CT molecular complexity index is 718. The maximum absolute atomic E-state index is 12.8. The van der Waals surface area contributed by atoms with Crippen LogP contribution in [0.3, 0.4) is 0 Å². The number of carboxylic acid groups (broad SMARTS) is 1. The fourth-order valence-corrected chi connectivity index (χ4v) is 2.35. The Labute approximate surface area is 125 Å². The number of benzene rings is 1. The third-order valence-electron chi connectivity index (χ3n) is 3.27. The summed E-state index contributed by atoms with van der Waals surface area (Å²) < 4.78 is 39.8. The molecule has 4 nitrogen and oxygen atoms in total. The minimum atomic E-state index is -4.47. The molecule has 1 aromatic heterocycles. The molecule has 0 atom stereocenters. The average Bonchev–Trinajstić information content (AvgIpc) is 2.76. The van der Waals surface area contributed by atoms with Crippen molar-refractivity contribution in [2.24, 2.45) is 0 Å². The van der Waals surface area contributed by atoms with Gasteiger partial charge >= 0.3 is 12.1 Å². The first-order chi connectivity index (χ1) is 10.1. The fraction of sp³-hybridized carbons (Fsp3) is 0.333. The molecule has 1 heterocycles. The van der Waals surface area contributed by atoms with E-state index in [4.69, 9.17) is 0 Å². The van der Waals surface area contributed by atoms with Crippen molar-refractivity contribution in [2.45, 2.75) is 32.9 Å². The molecule has 0 fully saturated rings. The van der Waals surface area contributed by atoms with E-state index >= 15 is 0 Å². The van der Waals surface area contributed by atoms with Gasteiger partial charge < -0.3 is 5.11 Å². The number of hydrogen-bond acceptors (Lipinski definition) is 2. The summed E-state index contributed by atoms with van der Waals surface area (Å²) in [4.78, 5) is 11.4. The molecule has 0 saturated heterocycles. The molecule has 0 aliphatic carbocycles. The molecule has 22 heavy (non-hydrogen) atoms. The van der Waals surface area contributed by atoms with Crippen LogP contribution in [0.2, 0.25) is 0 Å². The van der Waals surface area contributed by atoms with E-state index in [-0.39, 0.29) is 22.9 Å². The molecule has 2 rings (SSSR count). The van der Waals surface area contributed by atoms with Crippen LogP contribution < -0.4 is 0 Å². The Kier molecular flexibility index (Phi) is 4.00. The van der Waals surface area contributed by atoms with Gasteiger partial charge in [0.2, 0.25) is 0 Å². The van der Waals surface area contributed by atoms with E-state index in [1.807, 2.05) is 0 Å². The summed E-state index contributed by atoms with van der Waals surface area (Å²) in [6.07, 6.45) is -4.47. The van der Waals surface area contributed by atoms with Crippen LogP contribution in [-0.4, -0.2) is 20.9 Å². The number of rotatable bonds is 3. The van der Waals surface area contributed by atoms with E-state index in [0.29, 0.717) is 5.69 Å². The lowest BCUT2D eigenvalue weighted by Crippen LogP contribution is -2.10. The van der Waals surface area contributed by atoms with Crippen LogP contribution >= 0.6 is 0 Å². The van der Waals surface area contributed by atoms with E-state index in [1.54, 1.807) is 13.8 Å². The number of aromatic carboxylic acids is 1. The van der Waals surface area contributed by atoms with Gasteiger partial charge in [0.15, 0.2) is 0 Å². The van der Waals surface area contributed by atoms with Gasteiger partial charge in [-0.1, -0.05) is 19.9 Å². The number of nitrogens with zero attached hydrogens (tertiary/aromatic N) is 2. The Hall–Kier alpha value is -2.31.